The van der Waals surface area contributed by atoms with Crippen molar-refractivity contribution in [3.63, 3.8) is 0 Å². The molecule has 1 unspecified atom stereocenters. The van der Waals surface area contributed by atoms with Crippen molar-refractivity contribution in [1.82, 2.24) is 0 Å². The Kier molecular flexibility index (Phi) is 3.99. The first-order valence-electron chi connectivity index (χ1n) is 6.19. The molecule has 0 saturated heterocycles. The summed E-state index contributed by atoms with van der Waals surface area (Å²) in [6.45, 7) is 1.26. The Morgan fingerprint density at radius 3 is 2.60 bits per heavy atom. The molecular formula is C15H14F2O3. The van der Waals surface area contributed by atoms with Crippen molar-refractivity contribution in [2.24, 2.45) is 0 Å². The monoisotopic (exact) mass is 280 g/mol. The van der Waals surface area contributed by atoms with Crippen LogP contribution < -0.4 is 0 Å². The Hall–Kier alpha value is -2.01. The molecule has 2 rings (SSSR count). The van der Waals surface area contributed by atoms with E-state index in [1.54, 1.807) is 36.4 Å². The highest BCUT2D eigenvalue weighted by atomic mass is 19.3. The maximum atomic E-state index is 13.9. The topological polar surface area (TPSA) is 46.5 Å². The lowest BCUT2D eigenvalue weighted by atomic mass is 9.97. The molecule has 106 valence electrons. The molecule has 0 aliphatic heterocycles. The molecule has 0 radical (unpaired) electrons. The summed E-state index contributed by atoms with van der Waals surface area (Å²) < 4.78 is 32.1. The number of carbonyl (C=O) groups is 1. The predicted molar refractivity (Wildman–Crippen MR) is 70.5 cm³/mol. The number of hydrogen-bond acceptors (Lipinski definition) is 3. The molecule has 0 fully saturated rings. The van der Waals surface area contributed by atoms with Gasteiger partial charge in [0, 0.05) is 0 Å². The summed E-state index contributed by atoms with van der Waals surface area (Å²) in [7, 11) is 0. The average Bonchev–Trinajstić information content (AvgIpc) is 2.46. The van der Waals surface area contributed by atoms with Gasteiger partial charge in [0.05, 0.1) is 6.61 Å². The van der Waals surface area contributed by atoms with Gasteiger partial charge >= 0.3 is 11.9 Å². The first-order chi connectivity index (χ1) is 9.48. The highest BCUT2D eigenvalue weighted by molar-refractivity contribution is 5.87. The molecular weight excluding hydrogens is 266 g/mol. The van der Waals surface area contributed by atoms with Gasteiger partial charge in [0.15, 0.2) is 6.10 Å². The Morgan fingerprint density at radius 2 is 1.90 bits per heavy atom. The molecule has 0 spiro atoms. The first kappa shape index (κ1) is 14.4. The lowest BCUT2D eigenvalue weighted by Crippen LogP contribution is -2.37. The van der Waals surface area contributed by atoms with Crippen molar-refractivity contribution < 1.29 is 23.4 Å². The van der Waals surface area contributed by atoms with E-state index in [0.29, 0.717) is 10.8 Å². The number of aliphatic hydroxyl groups excluding tert-OH is 1. The van der Waals surface area contributed by atoms with Crippen molar-refractivity contribution in [3.05, 3.63) is 48.0 Å². The van der Waals surface area contributed by atoms with E-state index >= 15 is 0 Å². The molecule has 5 heteroatoms. The van der Waals surface area contributed by atoms with Gasteiger partial charge in [-0.25, -0.2) is 4.79 Å². The number of ether oxygens (including phenoxy) is 1. The second kappa shape index (κ2) is 5.54. The Bertz CT molecular complexity index is 620. The van der Waals surface area contributed by atoms with Crippen LogP contribution in [0.4, 0.5) is 8.78 Å². The van der Waals surface area contributed by atoms with E-state index in [0.717, 1.165) is 0 Å². The minimum Gasteiger partial charge on any atom is -0.461 e. The molecule has 0 amide bonds. The summed E-state index contributed by atoms with van der Waals surface area (Å²) in [5.41, 5.74) is 0.00107. The number of fused-ring (bicyclic) bond motifs is 1. The van der Waals surface area contributed by atoms with Crippen LogP contribution in [0.1, 0.15) is 18.6 Å². The molecule has 0 saturated carbocycles. The van der Waals surface area contributed by atoms with Crippen LogP contribution in [-0.2, 0) is 9.53 Å². The van der Waals surface area contributed by atoms with Crippen molar-refractivity contribution >= 4 is 16.7 Å². The second-order valence-electron chi connectivity index (χ2n) is 4.31. The van der Waals surface area contributed by atoms with Crippen LogP contribution in [0.3, 0.4) is 0 Å². The average molecular weight is 280 g/mol. The van der Waals surface area contributed by atoms with E-state index in [-0.39, 0.29) is 12.2 Å². The molecule has 2 aromatic rings. The minimum absolute atomic E-state index is 0.00107. The second-order valence-corrected chi connectivity index (χ2v) is 4.31. The third-order valence-electron chi connectivity index (χ3n) is 3.01. The molecule has 3 nitrogen and oxygen atoms in total. The standard InChI is InChI=1S/C15H14F2O3/c1-2-20-14(19)15(16,17)13(18)12-9-5-7-10-6-3-4-8-11(10)12/h3-9,13,18H,2H2,1H3. The van der Waals surface area contributed by atoms with E-state index in [1.807, 2.05) is 0 Å². The van der Waals surface area contributed by atoms with Gasteiger partial charge in [-0.15, -0.1) is 0 Å². The van der Waals surface area contributed by atoms with Crippen LogP contribution >= 0.6 is 0 Å². The number of esters is 1. The maximum Gasteiger partial charge on any atom is 0.380 e. The zero-order chi connectivity index (χ0) is 14.8. The zero-order valence-corrected chi connectivity index (χ0v) is 10.8. The van der Waals surface area contributed by atoms with E-state index in [2.05, 4.69) is 4.74 Å². The number of alkyl halides is 2. The normalized spacial score (nSPS) is 13.2. The molecule has 0 aliphatic rings. The molecule has 0 bridgehead atoms. The van der Waals surface area contributed by atoms with Gasteiger partial charge in [-0.05, 0) is 23.3 Å². The number of rotatable bonds is 4. The smallest absolute Gasteiger partial charge is 0.380 e. The number of carbonyl (C=O) groups excluding carboxylic acids is 1. The van der Waals surface area contributed by atoms with Gasteiger partial charge in [0.1, 0.15) is 0 Å². The van der Waals surface area contributed by atoms with Crippen LogP contribution in [-0.4, -0.2) is 23.6 Å². The summed E-state index contributed by atoms with van der Waals surface area (Å²) in [4.78, 5) is 11.3. The molecule has 1 atom stereocenters. The van der Waals surface area contributed by atoms with Crippen LogP contribution in [0.15, 0.2) is 42.5 Å². The summed E-state index contributed by atoms with van der Waals surface area (Å²) in [5, 5.41) is 11.1. The van der Waals surface area contributed by atoms with Gasteiger partial charge in [0.2, 0.25) is 0 Å². The van der Waals surface area contributed by atoms with Gasteiger partial charge in [-0.1, -0.05) is 42.5 Å². The Balaban J connectivity index is 2.45. The lowest BCUT2D eigenvalue weighted by Gasteiger charge is -2.22. The van der Waals surface area contributed by atoms with E-state index < -0.39 is 18.0 Å². The summed E-state index contributed by atoms with van der Waals surface area (Å²) in [5.74, 6) is -5.71. The summed E-state index contributed by atoms with van der Waals surface area (Å²) >= 11 is 0. The van der Waals surface area contributed by atoms with Crippen LogP contribution in [0.25, 0.3) is 10.8 Å². The Morgan fingerprint density at radius 1 is 1.25 bits per heavy atom. The van der Waals surface area contributed by atoms with Crippen molar-refractivity contribution in [3.8, 4) is 0 Å². The molecule has 0 aromatic heterocycles. The fourth-order valence-corrected chi connectivity index (χ4v) is 2.02. The van der Waals surface area contributed by atoms with Crippen LogP contribution in [0, 0.1) is 0 Å². The lowest BCUT2D eigenvalue weighted by molar-refractivity contribution is -0.188. The van der Waals surface area contributed by atoms with Gasteiger partial charge in [-0.2, -0.15) is 8.78 Å². The van der Waals surface area contributed by atoms with Crippen molar-refractivity contribution in [2.75, 3.05) is 6.61 Å². The molecule has 0 heterocycles. The van der Waals surface area contributed by atoms with Gasteiger partial charge in [0.25, 0.3) is 0 Å². The minimum atomic E-state index is -3.99. The maximum absolute atomic E-state index is 13.9. The molecule has 1 N–H and O–H groups in total. The summed E-state index contributed by atoms with van der Waals surface area (Å²) in [6.07, 6.45) is -2.24. The van der Waals surface area contributed by atoms with Crippen LogP contribution in [0.5, 0.6) is 0 Å². The van der Waals surface area contributed by atoms with Crippen molar-refractivity contribution in [1.29, 1.82) is 0 Å². The fraction of sp³-hybridized carbons (Fsp3) is 0.267. The predicted octanol–water partition coefficient (Wildman–Crippen LogP) is 3.07. The number of benzene rings is 2. The zero-order valence-electron chi connectivity index (χ0n) is 10.8. The van der Waals surface area contributed by atoms with E-state index in [9.17, 15) is 18.7 Å². The largest absolute Gasteiger partial charge is 0.461 e. The third-order valence-corrected chi connectivity index (χ3v) is 3.01. The Labute approximate surface area is 114 Å². The number of aliphatic hydroxyl groups is 1. The van der Waals surface area contributed by atoms with Crippen molar-refractivity contribution in [2.45, 2.75) is 19.0 Å². The SMILES string of the molecule is CCOC(=O)C(F)(F)C(O)c1cccc2ccccc12. The number of halogens is 2. The summed E-state index contributed by atoms with van der Waals surface area (Å²) in [6, 6.07) is 11.5. The molecule has 0 aliphatic carbocycles. The van der Waals surface area contributed by atoms with Gasteiger partial charge in [-0.3, -0.25) is 0 Å². The highest BCUT2D eigenvalue weighted by Gasteiger charge is 2.49. The molecule has 2 aromatic carbocycles. The van der Waals surface area contributed by atoms with E-state index in [1.165, 1.54) is 13.0 Å². The number of hydrogen-bond donors (Lipinski definition) is 1. The van der Waals surface area contributed by atoms with Crippen LogP contribution in [0.2, 0.25) is 0 Å². The fourth-order valence-electron chi connectivity index (χ4n) is 2.02. The quantitative estimate of drug-likeness (QED) is 0.875. The molecule has 20 heavy (non-hydrogen) atoms. The van der Waals surface area contributed by atoms with E-state index in [4.69, 9.17) is 0 Å². The highest BCUT2D eigenvalue weighted by Crippen LogP contribution is 2.35. The first-order valence-corrected chi connectivity index (χ1v) is 6.19. The van der Waals surface area contributed by atoms with Gasteiger partial charge < -0.3 is 9.84 Å². The third kappa shape index (κ3) is 2.49.